The van der Waals surface area contributed by atoms with Crippen molar-refractivity contribution in [3.63, 3.8) is 0 Å². The molecular weight excluding hydrogens is 232 g/mol. The summed E-state index contributed by atoms with van der Waals surface area (Å²) in [6.07, 6.45) is 17.6. The van der Waals surface area contributed by atoms with E-state index in [9.17, 15) is 5.11 Å². The molecule has 0 aliphatic heterocycles. The zero-order valence-electron chi connectivity index (χ0n) is 12.9. The average Bonchev–Trinajstić information content (AvgIpc) is 2.46. The largest absolute Gasteiger partial charge is 0.393 e. The van der Waals surface area contributed by atoms with E-state index in [0.29, 0.717) is 5.92 Å². The quantitative estimate of drug-likeness (QED) is 0.690. The summed E-state index contributed by atoms with van der Waals surface area (Å²) in [7, 11) is 0. The fraction of sp³-hybridized carbons (Fsp3) is 1.00. The second-order valence-corrected chi connectivity index (χ2v) is 7.23. The maximum atomic E-state index is 10.5. The van der Waals surface area contributed by atoms with E-state index in [1.807, 2.05) is 0 Å². The van der Waals surface area contributed by atoms with Gasteiger partial charge >= 0.3 is 0 Å². The summed E-state index contributed by atoms with van der Waals surface area (Å²) in [5, 5.41) is 10.5. The van der Waals surface area contributed by atoms with Crippen molar-refractivity contribution in [2.45, 2.75) is 96.5 Å². The van der Waals surface area contributed by atoms with E-state index in [-0.39, 0.29) is 6.10 Å². The Hall–Kier alpha value is -0.0400. The molecule has 0 bridgehead atoms. The van der Waals surface area contributed by atoms with E-state index >= 15 is 0 Å². The standard InChI is InChI=1S/C18H34O/c1-2-3-7-15-10-12-17(13-11-15)18(19)14-16-8-5-4-6-9-16/h15-19H,2-14H2,1H3. The second kappa shape index (κ2) is 8.29. The molecular formula is C18H34O. The number of rotatable bonds is 6. The Morgan fingerprint density at radius 3 is 2.21 bits per heavy atom. The molecule has 0 aromatic carbocycles. The van der Waals surface area contributed by atoms with Crippen LogP contribution in [-0.4, -0.2) is 11.2 Å². The fourth-order valence-electron chi connectivity index (χ4n) is 4.31. The van der Waals surface area contributed by atoms with Crippen LogP contribution >= 0.6 is 0 Å². The highest BCUT2D eigenvalue weighted by Gasteiger charge is 2.28. The monoisotopic (exact) mass is 266 g/mol. The van der Waals surface area contributed by atoms with Gasteiger partial charge in [-0.2, -0.15) is 0 Å². The molecule has 1 heteroatoms. The first-order valence-electron chi connectivity index (χ1n) is 8.97. The summed E-state index contributed by atoms with van der Waals surface area (Å²) >= 11 is 0. The van der Waals surface area contributed by atoms with E-state index < -0.39 is 0 Å². The molecule has 1 unspecified atom stereocenters. The van der Waals surface area contributed by atoms with Crippen molar-refractivity contribution in [1.29, 1.82) is 0 Å². The van der Waals surface area contributed by atoms with Crippen LogP contribution in [0.4, 0.5) is 0 Å². The van der Waals surface area contributed by atoms with Gasteiger partial charge in [0.2, 0.25) is 0 Å². The third kappa shape index (κ3) is 5.10. The minimum atomic E-state index is 0.00947. The first-order chi connectivity index (χ1) is 9.29. The zero-order valence-corrected chi connectivity index (χ0v) is 12.9. The van der Waals surface area contributed by atoms with E-state index in [4.69, 9.17) is 0 Å². The van der Waals surface area contributed by atoms with Crippen molar-refractivity contribution in [3.05, 3.63) is 0 Å². The van der Waals surface area contributed by atoms with Crippen molar-refractivity contribution in [3.8, 4) is 0 Å². The zero-order chi connectivity index (χ0) is 13.5. The first kappa shape index (κ1) is 15.4. The van der Waals surface area contributed by atoms with E-state index in [2.05, 4.69) is 6.92 Å². The van der Waals surface area contributed by atoms with E-state index in [1.165, 1.54) is 77.0 Å². The Morgan fingerprint density at radius 1 is 0.895 bits per heavy atom. The minimum Gasteiger partial charge on any atom is -0.393 e. The molecule has 112 valence electrons. The van der Waals surface area contributed by atoms with Crippen molar-refractivity contribution in [1.82, 2.24) is 0 Å². The summed E-state index contributed by atoms with van der Waals surface area (Å²) in [6.45, 7) is 2.29. The Morgan fingerprint density at radius 2 is 1.58 bits per heavy atom. The molecule has 0 radical (unpaired) electrons. The number of aliphatic hydroxyl groups is 1. The molecule has 0 aromatic rings. The molecule has 2 saturated carbocycles. The predicted molar refractivity (Wildman–Crippen MR) is 82.2 cm³/mol. The summed E-state index contributed by atoms with van der Waals surface area (Å²) in [5.41, 5.74) is 0. The fourth-order valence-corrected chi connectivity index (χ4v) is 4.31. The van der Waals surface area contributed by atoms with Gasteiger partial charge in [0.15, 0.2) is 0 Å². The molecule has 19 heavy (non-hydrogen) atoms. The van der Waals surface area contributed by atoms with Crippen LogP contribution in [0.2, 0.25) is 0 Å². The van der Waals surface area contributed by atoms with Crippen molar-refractivity contribution < 1.29 is 5.11 Å². The third-order valence-electron chi connectivity index (χ3n) is 5.70. The molecule has 1 N–H and O–H groups in total. The smallest absolute Gasteiger partial charge is 0.0571 e. The first-order valence-corrected chi connectivity index (χ1v) is 8.97. The van der Waals surface area contributed by atoms with Crippen LogP contribution in [0.25, 0.3) is 0 Å². The highest BCUT2D eigenvalue weighted by molar-refractivity contribution is 4.80. The van der Waals surface area contributed by atoms with Crippen LogP contribution in [-0.2, 0) is 0 Å². The van der Waals surface area contributed by atoms with Gasteiger partial charge < -0.3 is 5.11 Å². The molecule has 1 atom stereocenters. The van der Waals surface area contributed by atoms with Crippen LogP contribution in [0.3, 0.4) is 0 Å². The second-order valence-electron chi connectivity index (χ2n) is 7.23. The molecule has 2 rings (SSSR count). The minimum absolute atomic E-state index is 0.00947. The maximum Gasteiger partial charge on any atom is 0.0571 e. The lowest BCUT2D eigenvalue weighted by Crippen LogP contribution is -2.28. The van der Waals surface area contributed by atoms with Gasteiger partial charge in [0.25, 0.3) is 0 Å². The van der Waals surface area contributed by atoms with Crippen molar-refractivity contribution >= 4 is 0 Å². The summed E-state index contributed by atoms with van der Waals surface area (Å²) < 4.78 is 0. The van der Waals surface area contributed by atoms with Gasteiger partial charge in [0.05, 0.1) is 6.10 Å². The summed E-state index contributed by atoms with van der Waals surface area (Å²) in [5.74, 6) is 2.43. The SMILES string of the molecule is CCCCC1CCC(C(O)CC2CCCCC2)CC1. The van der Waals surface area contributed by atoms with E-state index in [1.54, 1.807) is 0 Å². The van der Waals surface area contributed by atoms with E-state index in [0.717, 1.165) is 18.3 Å². The van der Waals surface area contributed by atoms with Crippen molar-refractivity contribution in [2.75, 3.05) is 0 Å². The number of unbranched alkanes of at least 4 members (excludes halogenated alkanes) is 1. The molecule has 2 fully saturated rings. The Labute approximate surface area is 120 Å². The molecule has 1 nitrogen and oxygen atoms in total. The molecule has 2 aliphatic rings. The lowest BCUT2D eigenvalue weighted by molar-refractivity contribution is 0.0469. The van der Waals surface area contributed by atoms with Gasteiger partial charge in [-0.25, -0.2) is 0 Å². The molecule has 0 heterocycles. The molecule has 0 saturated heterocycles. The van der Waals surface area contributed by atoms with Crippen molar-refractivity contribution in [2.24, 2.45) is 17.8 Å². The molecule has 2 aliphatic carbocycles. The molecule has 0 aromatic heterocycles. The van der Waals surface area contributed by atoms with Gasteiger partial charge in [-0.3, -0.25) is 0 Å². The number of hydrogen-bond acceptors (Lipinski definition) is 1. The lowest BCUT2D eigenvalue weighted by atomic mass is 9.75. The van der Waals surface area contributed by atoms with Crippen LogP contribution < -0.4 is 0 Å². The number of aliphatic hydroxyl groups excluding tert-OH is 1. The summed E-state index contributed by atoms with van der Waals surface area (Å²) in [4.78, 5) is 0. The topological polar surface area (TPSA) is 20.2 Å². The maximum absolute atomic E-state index is 10.5. The molecule has 0 amide bonds. The summed E-state index contributed by atoms with van der Waals surface area (Å²) in [6, 6.07) is 0. The van der Waals surface area contributed by atoms with Gasteiger partial charge in [-0.1, -0.05) is 71.1 Å². The van der Waals surface area contributed by atoms with Crippen LogP contribution in [0, 0.1) is 17.8 Å². The molecule has 0 spiro atoms. The van der Waals surface area contributed by atoms with Gasteiger partial charge in [0, 0.05) is 0 Å². The normalized spacial score (nSPS) is 31.3. The number of hydrogen-bond donors (Lipinski definition) is 1. The van der Waals surface area contributed by atoms with Crippen LogP contribution in [0.15, 0.2) is 0 Å². The van der Waals surface area contributed by atoms with Gasteiger partial charge in [-0.05, 0) is 37.0 Å². The average molecular weight is 266 g/mol. The van der Waals surface area contributed by atoms with Crippen LogP contribution in [0.5, 0.6) is 0 Å². The Bertz CT molecular complexity index is 224. The Balaban J connectivity index is 1.65. The highest BCUT2D eigenvalue weighted by Crippen LogP contribution is 2.36. The third-order valence-corrected chi connectivity index (χ3v) is 5.70. The lowest BCUT2D eigenvalue weighted by Gasteiger charge is -2.33. The van der Waals surface area contributed by atoms with Gasteiger partial charge in [-0.15, -0.1) is 0 Å². The van der Waals surface area contributed by atoms with Gasteiger partial charge in [0.1, 0.15) is 0 Å². The predicted octanol–water partition coefficient (Wildman–Crippen LogP) is 5.31. The van der Waals surface area contributed by atoms with Crippen LogP contribution in [0.1, 0.15) is 90.4 Å². The Kier molecular flexibility index (Phi) is 6.70. The highest BCUT2D eigenvalue weighted by atomic mass is 16.3.